The molecule has 2 nitrogen and oxygen atoms in total. The lowest BCUT2D eigenvalue weighted by Crippen LogP contribution is -2.05. The van der Waals surface area contributed by atoms with E-state index in [1.807, 2.05) is 6.92 Å². The summed E-state index contributed by atoms with van der Waals surface area (Å²) in [6, 6.07) is 4.34. The van der Waals surface area contributed by atoms with Gasteiger partial charge in [0.05, 0.1) is 12.2 Å². The van der Waals surface area contributed by atoms with Crippen LogP contribution in [0.5, 0.6) is 5.75 Å². The number of benzene rings is 1. The molecule has 16 heavy (non-hydrogen) atoms. The molecule has 0 unspecified atom stereocenters. The van der Waals surface area contributed by atoms with Crippen molar-refractivity contribution in [2.45, 2.75) is 20.3 Å². The van der Waals surface area contributed by atoms with Crippen LogP contribution in [0.3, 0.4) is 0 Å². The summed E-state index contributed by atoms with van der Waals surface area (Å²) in [6.07, 6.45) is 0.645. The van der Waals surface area contributed by atoms with Crippen LogP contribution in [-0.4, -0.2) is 12.4 Å². The minimum absolute atomic E-state index is 0.0382. The molecule has 0 bridgehead atoms. The highest BCUT2D eigenvalue weighted by molar-refractivity contribution is 5.96. The lowest BCUT2D eigenvalue weighted by atomic mass is 10.1. The van der Waals surface area contributed by atoms with Crippen LogP contribution in [0.2, 0.25) is 0 Å². The number of Topliss-reactive ketones (excluding diaryl/α,β-unsaturated/α-hetero) is 1. The second kappa shape index (κ2) is 5.45. The lowest BCUT2D eigenvalue weighted by Gasteiger charge is -2.10. The number of para-hydroxylation sites is 1. The molecule has 0 aromatic heterocycles. The van der Waals surface area contributed by atoms with Gasteiger partial charge in [-0.2, -0.15) is 0 Å². The molecule has 0 N–H and O–H groups in total. The summed E-state index contributed by atoms with van der Waals surface area (Å²) >= 11 is 0. The van der Waals surface area contributed by atoms with Crippen LogP contribution in [0.25, 0.3) is 0 Å². The van der Waals surface area contributed by atoms with Gasteiger partial charge in [-0.1, -0.05) is 11.6 Å². The maximum absolute atomic E-state index is 13.4. The summed E-state index contributed by atoms with van der Waals surface area (Å²) in [5.74, 6) is -0.671. The average Bonchev–Trinajstić information content (AvgIpc) is 2.19. The van der Waals surface area contributed by atoms with E-state index in [0.717, 1.165) is 5.57 Å². The van der Waals surface area contributed by atoms with E-state index in [2.05, 4.69) is 6.58 Å². The molecule has 0 aliphatic carbocycles. The minimum atomic E-state index is -0.505. The van der Waals surface area contributed by atoms with Gasteiger partial charge < -0.3 is 4.74 Å². The van der Waals surface area contributed by atoms with Gasteiger partial charge in [-0.3, -0.25) is 4.79 Å². The van der Waals surface area contributed by atoms with Crippen molar-refractivity contribution in [2.75, 3.05) is 6.61 Å². The van der Waals surface area contributed by atoms with E-state index < -0.39 is 5.82 Å². The standard InChI is InChI=1S/C13H15FO2/c1-9(2)7-8-16-13-11(10(3)15)5-4-6-12(13)14/h4-6H,1,7-8H2,2-3H3. The fraction of sp³-hybridized carbons (Fsp3) is 0.308. The molecule has 0 saturated carbocycles. The predicted molar refractivity (Wildman–Crippen MR) is 61.3 cm³/mol. The molecule has 1 aromatic carbocycles. The third-order valence-electron chi connectivity index (χ3n) is 2.12. The number of ketones is 1. The van der Waals surface area contributed by atoms with Crippen molar-refractivity contribution in [3.63, 3.8) is 0 Å². The van der Waals surface area contributed by atoms with Gasteiger partial charge in [0.2, 0.25) is 0 Å². The maximum atomic E-state index is 13.4. The summed E-state index contributed by atoms with van der Waals surface area (Å²) in [6.45, 7) is 7.32. The molecule has 1 aromatic rings. The van der Waals surface area contributed by atoms with Gasteiger partial charge in [-0.05, 0) is 26.0 Å². The minimum Gasteiger partial charge on any atom is -0.489 e. The highest BCUT2D eigenvalue weighted by Gasteiger charge is 2.12. The number of hydrogen-bond donors (Lipinski definition) is 0. The van der Waals surface area contributed by atoms with E-state index in [-0.39, 0.29) is 17.1 Å². The SMILES string of the molecule is C=C(C)CCOc1c(F)cccc1C(C)=O. The average molecular weight is 222 g/mol. The number of carbonyl (C=O) groups excluding carboxylic acids is 1. The molecule has 0 fully saturated rings. The molecule has 0 radical (unpaired) electrons. The Labute approximate surface area is 94.7 Å². The van der Waals surface area contributed by atoms with E-state index in [9.17, 15) is 9.18 Å². The van der Waals surface area contributed by atoms with Crippen LogP contribution in [0.1, 0.15) is 30.6 Å². The van der Waals surface area contributed by atoms with Crippen molar-refractivity contribution in [1.82, 2.24) is 0 Å². The second-order valence-corrected chi connectivity index (χ2v) is 3.73. The number of ether oxygens (including phenoxy) is 1. The maximum Gasteiger partial charge on any atom is 0.165 e. The normalized spacial score (nSPS) is 9.94. The molecule has 0 aliphatic rings. The van der Waals surface area contributed by atoms with E-state index in [0.29, 0.717) is 13.0 Å². The first kappa shape index (κ1) is 12.4. The Hall–Kier alpha value is -1.64. The molecule has 0 spiro atoms. The zero-order chi connectivity index (χ0) is 12.1. The van der Waals surface area contributed by atoms with Crippen LogP contribution in [0.15, 0.2) is 30.4 Å². The fourth-order valence-corrected chi connectivity index (χ4v) is 1.26. The first-order chi connectivity index (χ1) is 7.52. The van der Waals surface area contributed by atoms with Crippen molar-refractivity contribution in [2.24, 2.45) is 0 Å². The van der Waals surface area contributed by atoms with Crippen molar-refractivity contribution in [1.29, 1.82) is 0 Å². The Kier molecular flexibility index (Phi) is 4.23. The molecule has 3 heteroatoms. The summed E-state index contributed by atoms with van der Waals surface area (Å²) in [4.78, 5) is 11.3. The second-order valence-electron chi connectivity index (χ2n) is 3.73. The zero-order valence-corrected chi connectivity index (χ0v) is 9.55. The van der Waals surface area contributed by atoms with Crippen LogP contribution in [0, 0.1) is 5.82 Å². The predicted octanol–water partition coefficient (Wildman–Crippen LogP) is 3.37. The molecule has 0 atom stereocenters. The van der Waals surface area contributed by atoms with E-state index >= 15 is 0 Å². The largest absolute Gasteiger partial charge is 0.489 e. The topological polar surface area (TPSA) is 26.3 Å². The summed E-state index contributed by atoms with van der Waals surface area (Å²) in [5, 5.41) is 0. The van der Waals surface area contributed by atoms with Gasteiger partial charge in [0.15, 0.2) is 17.3 Å². The molecule has 0 amide bonds. The van der Waals surface area contributed by atoms with Crippen molar-refractivity contribution < 1.29 is 13.9 Å². The lowest BCUT2D eigenvalue weighted by molar-refractivity contribution is 0.101. The van der Waals surface area contributed by atoms with Gasteiger partial charge in [-0.25, -0.2) is 4.39 Å². The van der Waals surface area contributed by atoms with Gasteiger partial charge in [0, 0.05) is 6.42 Å². The summed E-state index contributed by atoms with van der Waals surface area (Å²) in [5.41, 5.74) is 1.24. The van der Waals surface area contributed by atoms with E-state index in [1.54, 1.807) is 6.07 Å². The molecule has 0 heterocycles. The molecule has 1 rings (SSSR count). The van der Waals surface area contributed by atoms with Gasteiger partial charge in [0.25, 0.3) is 0 Å². The first-order valence-electron chi connectivity index (χ1n) is 5.09. The monoisotopic (exact) mass is 222 g/mol. The zero-order valence-electron chi connectivity index (χ0n) is 9.55. The van der Waals surface area contributed by atoms with Crippen LogP contribution < -0.4 is 4.74 Å². The van der Waals surface area contributed by atoms with Crippen molar-refractivity contribution >= 4 is 5.78 Å². The number of hydrogen-bond acceptors (Lipinski definition) is 2. The Morgan fingerprint density at radius 1 is 1.44 bits per heavy atom. The Morgan fingerprint density at radius 2 is 2.12 bits per heavy atom. The molecule has 86 valence electrons. The number of rotatable bonds is 5. The number of carbonyl (C=O) groups is 1. The fourth-order valence-electron chi connectivity index (χ4n) is 1.26. The van der Waals surface area contributed by atoms with Crippen molar-refractivity contribution in [3.8, 4) is 5.75 Å². The van der Waals surface area contributed by atoms with Crippen LogP contribution >= 0.6 is 0 Å². The highest BCUT2D eigenvalue weighted by atomic mass is 19.1. The van der Waals surface area contributed by atoms with Crippen LogP contribution in [-0.2, 0) is 0 Å². The number of halogens is 1. The molecule has 0 aliphatic heterocycles. The molecular formula is C13H15FO2. The van der Waals surface area contributed by atoms with E-state index in [4.69, 9.17) is 4.74 Å². The smallest absolute Gasteiger partial charge is 0.165 e. The van der Waals surface area contributed by atoms with Crippen LogP contribution in [0.4, 0.5) is 4.39 Å². The highest BCUT2D eigenvalue weighted by Crippen LogP contribution is 2.23. The summed E-state index contributed by atoms with van der Waals surface area (Å²) in [7, 11) is 0. The third-order valence-corrected chi connectivity index (χ3v) is 2.12. The summed E-state index contributed by atoms with van der Waals surface area (Å²) < 4.78 is 18.7. The Bertz CT molecular complexity index is 410. The Balaban J connectivity index is 2.84. The molecule has 0 saturated heterocycles. The quantitative estimate of drug-likeness (QED) is 0.564. The third kappa shape index (κ3) is 3.19. The Morgan fingerprint density at radius 3 is 2.69 bits per heavy atom. The van der Waals surface area contributed by atoms with E-state index in [1.165, 1.54) is 19.1 Å². The van der Waals surface area contributed by atoms with Gasteiger partial charge >= 0.3 is 0 Å². The molecular weight excluding hydrogens is 207 g/mol. The first-order valence-corrected chi connectivity index (χ1v) is 5.09. The van der Waals surface area contributed by atoms with Gasteiger partial charge in [-0.15, -0.1) is 6.58 Å². The van der Waals surface area contributed by atoms with Crippen molar-refractivity contribution in [3.05, 3.63) is 41.7 Å². The van der Waals surface area contributed by atoms with Gasteiger partial charge in [0.1, 0.15) is 0 Å².